The minimum atomic E-state index is -0.405. The van der Waals surface area contributed by atoms with Crippen LogP contribution in [0, 0.1) is 0 Å². The molecule has 0 radical (unpaired) electrons. The van der Waals surface area contributed by atoms with E-state index >= 15 is 0 Å². The first kappa shape index (κ1) is 13.7. The van der Waals surface area contributed by atoms with Crippen molar-refractivity contribution in [3.8, 4) is 11.5 Å². The van der Waals surface area contributed by atoms with Crippen molar-refractivity contribution in [3.05, 3.63) is 23.8 Å². The Balaban J connectivity index is 1.59. The van der Waals surface area contributed by atoms with Gasteiger partial charge in [0.15, 0.2) is 11.5 Å². The van der Waals surface area contributed by atoms with Gasteiger partial charge in [-0.15, -0.1) is 0 Å². The molecule has 0 saturated carbocycles. The highest BCUT2D eigenvalue weighted by Gasteiger charge is 2.26. The molecule has 2 aliphatic heterocycles. The Hall–Kier alpha value is -2.24. The van der Waals surface area contributed by atoms with Crippen LogP contribution >= 0.6 is 0 Å². The van der Waals surface area contributed by atoms with Crippen LogP contribution in [0.1, 0.15) is 24.8 Å². The van der Waals surface area contributed by atoms with Crippen LogP contribution < -0.4 is 20.1 Å². The molecule has 6 heteroatoms. The molecule has 3 rings (SSSR count). The summed E-state index contributed by atoms with van der Waals surface area (Å²) in [6.45, 7) is 1.70. The van der Waals surface area contributed by atoms with E-state index in [4.69, 9.17) is 9.47 Å². The number of amides is 2. The van der Waals surface area contributed by atoms with E-state index in [9.17, 15) is 9.59 Å². The lowest BCUT2D eigenvalue weighted by atomic mass is 10.1. The summed E-state index contributed by atoms with van der Waals surface area (Å²) in [7, 11) is 0. The van der Waals surface area contributed by atoms with Gasteiger partial charge in [0.2, 0.25) is 11.8 Å². The molecule has 0 spiro atoms. The second-order valence-electron chi connectivity index (χ2n) is 5.21. The molecule has 0 bridgehead atoms. The Morgan fingerprint density at radius 1 is 1.29 bits per heavy atom. The summed E-state index contributed by atoms with van der Waals surface area (Å²) in [5.41, 5.74) is 0.942. The Labute approximate surface area is 122 Å². The molecule has 1 aromatic rings. The number of hydrogen-bond acceptors (Lipinski definition) is 4. The maximum atomic E-state index is 11.9. The molecule has 2 heterocycles. The highest BCUT2D eigenvalue weighted by molar-refractivity contribution is 5.90. The van der Waals surface area contributed by atoms with Crippen LogP contribution in [0.2, 0.25) is 0 Å². The topological polar surface area (TPSA) is 76.7 Å². The quantitative estimate of drug-likeness (QED) is 0.861. The zero-order chi connectivity index (χ0) is 14.7. The van der Waals surface area contributed by atoms with Gasteiger partial charge in [-0.25, -0.2) is 0 Å². The van der Waals surface area contributed by atoms with Crippen molar-refractivity contribution in [1.82, 2.24) is 10.6 Å². The van der Waals surface area contributed by atoms with Gasteiger partial charge in [0.05, 0.1) is 13.2 Å². The predicted molar refractivity (Wildman–Crippen MR) is 75.1 cm³/mol. The maximum absolute atomic E-state index is 11.9. The van der Waals surface area contributed by atoms with E-state index in [1.54, 1.807) is 0 Å². The van der Waals surface area contributed by atoms with Crippen LogP contribution in [0.15, 0.2) is 18.2 Å². The SMILES string of the molecule is O=C1CCC(C(=O)NCc2ccc3c(c2)OCCCO3)N1. The summed E-state index contributed by atoms with van der Waals surface area (Å²) in [4.78, 5) is 23.0. The van der Waals surface area contributed by atoms with Gasteiger partial charge < -0.3 is 20.1 Å². The van der Waals surface area contributed by atoms with Crippen LogP contribution in [-0.4, -0.2) is 31.1 Å². The van der Waals surface area contributed by atoms with Crippen molar-refractivity contribution < 1.29 is 19.1 Å². The summed E-state index contributed by atoms with van der Waals surface area (Å²) in [6, 6.07) is 5.24. The largest absolute Gasteiger partial charge is 0.490 e. The van der Waals surface area contributed by atoms with Gasteiger partial charge in [0.1, 0.15) is 6.04 Å². The Bertz CT molecular complexity index is 559. The lowest BCUT2D eigenvalue weighted by Crippen LogP contribution is -2.41. The first-order chi connectivity index (χ1) is 10.2. The molecule has 112 valence electrons. The van der Waals surface area contributed by atoms with Crippen molar-refractivity contribution >= 4 is 11.8 Å². The molecule has 1 aromatic carbocycles. The monoisotopic (exact) mass is 290 g/mol. The molecule has 2 aliphatic rings. The Morgan fingerprint density at radius 3 is 2.86 bits per heavy atom. The summed E-state index contributed by atoms with van der Waals surface area (Å²) in [6.07, 6.45) is 1.84. The van der Waals surface area contributed by atoms with E-state index in [-0.39, 0.29) is 11.8 Å². The molecule has 21 heavy (non-hydrogen) atoms. The number of benzene rings is 1. The summed E-state index contributed by atoms with van der Waals surface area (Å²) in [5.74, 6) is 1.25. The predicted octanol–water partition coefficient (Wildman–Crippen LogP) is 0.743. The minimum Gasteiger partial charge on any atom is -0.490 e. The first-order valence-corrected chi connectivity index (χ1v) is 7.18. The highest BCUT2D eigenvalue weighted by Crippen LogP contribution is 2.30. The van der Waals surface area contributed by atoms with Crippen LogP contribution in [0.4, 0.5) is 0 Å². The molecule has 0 aliphatic carbocycles. The standard InChI is InChI=1S/C15H18N2O4/c18-14-5-3-11(17-14)15(19)16-9-10-2-4-12-13(8-10)21-7-1-6-20-12/h2,4,8,11H,1,3,5-7,9H2,(H,16,19)(H,17,18). The Kier molecular flexibility index (Phi) is 3.94. The third-order valence-electron chi connectivity index (χ3n) is 3.59. The maximum Gasteiger partial charge on any atom is 0.242 e. The molecule has 1 unspecified atom stereocenters. The number of hydrogen-bond donors (Lipinski definition) is 2. The second kappa shape index (κ2) is 6.03. The number of carbonyl (C=O) groups is 2. The van der Waals surface area contributed by atoms with Crippen molar-refractivity contribution in [2.45, 2.75) is 31.8 Å². The lowest BCUT2D eigenvalue weighted by molar-refractivity contribution is -0.125. The third-order valence-corrected chi connectivity index (χ3v) is 3.59. The van der Waals surface area contributed by atoms with E-state index in [0.29, 0.717) is 38.3 Å². The van der Waals surface area contributed by atoms with E-state index < -0.39 is 6.04 Å². The summed E-state index contributed by atoms with van der Waals surface area (Å²) >= 11 is 0. The molecule has 0 aromatic heterocycles. The molecule has 1 fully saturated rings. The average Bonchev–Trinajstić information content (AvgIpc) is 2.79. The zero-order valence-corrected chi connectivity index (χ0v) is 11.7. The van der Waals surface area contributed by atoms with Gasteiger partial charge in [-0.1, -0.05) is 6.07 Å². The fourth-order valence-electron chi connectivity index (χ4n) is 2.44. The van der Waals surface area contributed by atoms with Crippen molar-refractivity contribution in [3.63, 3.8) is 0 Å². The van der Waals surface area contributed by atoms with E-state index in [1.165, 1.54) is 0 Å². The fourth-order valence-corrected chi connectivity index (χ4v) is 2.44. The average molecular weight is 290 g/mol. The van der Waals surface area contributed by atoms with E-state index in [1.807, 2.05) is 18.2 Å². The van der Waals surface area contributed by atoms with Gasteiger partial charge in [-0.2, -0.15) is 0 Å². The van der Waals surface area contributed by atoms with Crippen molar-refractivity contribution in [2.24, 2.45) is 0 Å². The number of carbonyl (C=O) groups excluding carboxylic acids is 2. The number of nitrogens with one attached hydrogen (secondary N) is 2. The van der Waals surface area contributed by atoms with Gasteiger partial charge in [-0.3, -0.25) is 9.59 Å². The number of ether oxygens (including phenoxy) is 2. The lowest BCUT2D eigenvalue weighted by Gasteiger charge is -2.12. The Morgan fingerprint density at radius 2 is 2.10 bits per heavy atom. The molecule has 1 saturated heterocycles. The van der Waals surface area contributed by atoms with Gasteiger partial charge in [-0.05, 0) is 24.1 Å². The molecular weight excluding hydrogens is 272 g/mol. The minimum absolute atomic E-state index is 0.0641. The fraction of sp³-hybridized carbons (Fsp3) is 0.467. The highest BCUT2D eigenvalue weighted by atomic mass is 16.5. The van der Waals surface area contributed by atoms with Gasteiger partial charge in [0.25, 0.3) is 0 Å². The molecule has 1 atom stereocenters. The summed E-state index contributed by atoms with van der Waals surface area (Å²) in [5, 5.41) is 5.49. The number of rotatable bonds is 3. The van der Waals surface area contributed by atoms with Crippen LogP contribution in [0.25, 0.3) is 0 Å². The molecular formula is C15H18N2O4. The van der Waals surface area contributed by atoms with Crippen LogP contribution in [0.3, 0.4) is 0 Å². The second-order valence-corrected chi connectivity index (χ2v) is 5.21. The van der Waals surface area contributed by atoms with Crippen LogP contribution in [-0.2, 0) is 16.1 Å². The normalized spacial score (nSPS) is 20.6. The first-order valence-electron chi connectivity index (χ1n) is 7.18. The molecule has 6 nitrogen and oxygen atoms in total. The molecule has 2 N–H and O–H groups in total. The zero-order valence-electron chi connectivity index (χ0n) is 11.7. The molecule has 2 amide bonds. The van der Waals surface area contributed by atoms with Crippen molar-refractivity contribution in [2.75, 3.05) is 13.2 Å². The van der Waals surface area contributed by atoms with Gasteiger partial charge >= 0.3 is 0 Å². The van der Waals surface area contributed by atoms with Gasteiger partial charge in [0, 0.05) is 19.4 Å². The third kappa shape index (κ3) is 3.26. The van der Waals surface area contributed by atoms with Crippen LogP contribution in [0.5, 0.6) is 11.5 Å². The number of fused-ring (bicyclic) bond motifs is 1. The van der Waals surface area contributed by atoms with Crippen molar-refractivity contribution in [1.29, 1.82) is 0 Å². The smallest absolute Gasteiger partial charge is 0.242 e. The van der Waals surface area contributed by atoms with E-state index in [2.05, 4.69) is 10.6 Å². The summed E-state index contributed by atoms with van der Waals surface area (Å²) < 4.78 is 11.2. The van der Waals surface area contributed by atoms with E-state index in [0.717, 1.165) is 17.7 Å².